The Labute approximate surface area is 121 Å². The van der Waals surface area contributed by atoms with Crippen LogP contribution >= 0.6 is 0 Å². The predicted molar refractivity (Wildman–Crippen MR) is 83.0 cm³/mol. The van der Waals surface area contributed by atoms with Crippen LogP contribution in [0.4, 0.5) is 0 Å². The Hall–Kier alpha value is -1.60. The average molecular weight is 266 g/mol. The Morgan fingerprint density at radius 1 is 0.900 bits per heavy atom. The maximum atomic E-state index is 10.5. The molecule has 1 N–H and O–H groups in total. The predicted octanol–water partition coefficient (Wildman–Crippen LogP) is 4.65. The van der Waals surface area contributed by atoms with Gasteiger partial charge in [-0.25, -0.2) is 0 Å². The largest absolute Gasteiger partial charge is 0.384 e. The average Bonchev–Trinajstić information content (AvgIpc) is 2.40. The fourth-order valence-electron chi connectivity index (χ4n) is 2.82. The van der Waals surface area contributed by atoms with E-state index in [-0.39, 0.29) is 0 Å². The van der Waals surface area contributed by atoms with Crippen molar-refractivity contribution in [2.45, 2.75) is 45.1 Å². The van der Waals surface area contributed by atoms with E-state index in [4.69, 9.17) is 0 Å². The first kappa shape index (κ1) is 13.4. The number of rotatable bonds is 3. The number of aliphatic hydroxyl groups is 1. The Morgan fingerprint density at radius 2 is 1.55 bits per heavy atom. The fraction of sp³-hybridized carbons (Fsp3) is 0.368. The van der Waals surface area contributed by atoms with Crippen molar-refractivity contribution in [3.63, 3.8) is 0 Å². The molecule has 0 radical (unpaired) electrons. The smallest absolute Gasteiger partial charge is 0.104 e. The van der Waals surface area contributed by atoms with Crippen LogP contribution in [-0.4, -0.2) is 5.11 Å². The van der Waals surface area contributed by atoms with Crippen molar-refractivity contribution in [3.8, 4) is 0 Å². The summed E-state index contributed by atoms with van der Waals surface area (Å²) in [6.07, 6.45) is 3.47. The van der Waals surface area contributed by atoms with E-state index < -0.39 is 6.10 Å². The Balaban J connectivity index is 1.82. The van der Waals surface area contributed by atoms with Gasteiger partial charge < -0.3 is 5.11 Å². The summed E-state index contributed by atoms with van der Waals surface area (Å²) in [4.78, 5) is 0. The molecule has 104 valence electrons. The van der Waals surface area contributed by atoms with Gasteiger partial charge in [-0.3, -0.25) is 0 Å². The molecule has 0 saturated heterocycles. The number of benzene rings is 2. The molecule has 0 bridgehead atoms. The fourth-order valence-corrected chi connectivity index (χ4v) is 2.82. The van der Waals surface area contributed by atoms with Gasteiger partial charge in [0.25, 0.3) is 0 Å². The molecule has 20 heavy (non-hydrogen) atoms. The maximum absolute atomic E-state index is 10.5. The molecular weight excluding hydrogens is 244 g/mol. The zero-order valence-corrected chi connectivity index (χ0v) is 12.3. The molecular formula is C19H22O. The van der Waals surface area contributed by atoms with E-state index in [1.54, 1.807) is 0 Å². The van der Waals surface area contributed by atoms with Crippen LogP contribution < -0.4 is 0 Å². The van der Waals surface area contributed by atoms with Gasteiger partial charge in [-0.1, -0.05) is 48.9 Å². The zero-order valence-electron chi connectivity index (χ0n) is 12.3. The third-order valence-electron chi connectivity index (χ3n) is 4.68. The van der Waals surface area contributed by atoms with Gasteiger partial charge in [0, 0.05) is 0 Å². The molecule has 1 aliphatic rings. The summed E-state index contributed by atoms with van der Waals surface area (Å²) in [6, 6.07) is 14.7. The van der Waals surface area contributed by atoms with Crippen LogP contribution in [-0.2, 0) is 0 Å². The number of aryl methyl sites for hydroxylation is 2. The number of hydrogen-bond donors (Lipinski definition) is 1. The molecule has 1 saturated carbocycles. The monoisotopic (exact) mass is 266 g/mol. The summed E-state index contributed by atoms with van der Waals surface area (Å²) in [5.41, 5.74) is 5.88. The second-order valence-electron chi connectivity index (χ2n) is 6.04. The zero-order chi connectivity index (χ0) is 14.1. The lowest BCUT2D eigenvalue weighted by atomic mass is 9.80. The van der Waals surface area contributed by atoms with Crippen LogP contribution in [0.25, 0.3) is 0 Å². The van der Waals surface area contributed by atoms with E-state index in [1.807, 2.05) is 6.07 Å². The first-order valence-electron chi connectivity index (χ1n) is 7.50. The third kappa shape index (κ3) is 2.51. The molecule has 1 nitrogen and oxygen atoms in total. The van der Waals surface area contributed by atoms with Crippen LogP contribution in [0.1, 0.15) is 59.1 Å². The molecule has 0 heterocycles. The molecule has 2 aromatic carbocycles. The van der Waals surface area contributed by atoms with Gasteiger partial charge in [0.05, 0.1) is 0 Å². The van der Waals surface area contributed by atoms with Gasteiger partial charge >= 0.3 is 0 Å². The molecule has 0 spiro atoms. The molecule has 1 fully saturated rings. The molecule has 1 unspecified atom stereocenters. The standard InChI is InChI=1S/C19H22O/c1-13-6-7-18(12-14(13)2)19(20)17-10-8-16(9-11-17)15-4-3-5-15/h6-12,15,19-20H,3-5H2,1-2H3. The molecule has 2 aromatic rings. The van der Waals surface area contributed by atoms with E-state index in [1.165, 1.54) is 36.0 Å². The quantitative estimate of drug-likeness (QED) is 0.857. The Bertz CT molecular complexity index is 594. The van der Waals surface area contributed by atoms with Crippen molar-refractivity contribution in [1.29, 1.82) is 0 Å². The van der Waals surface area contributed by atoms with Crippen LogP contribution in [0.3, 0.4) is 0 Å². The minimum Gasteiger partial charge on any atom is -0.384 e. The van der Waals surface area contributed by atoms with Gasteiger partial charge in [0.2, 0.25) is 0 Å². The summed E-state index contributed by atoms with van der Waals surface area (Å²) in [5, 5.41) is 10.5. The molecule has 0 amide bonds. The van der Waals surface area contributed by atoms with Crippen LogP contribution in [0.2, 0.25) is 0 Å². The summed E-state index contributed by atoms with van der Waals surface area (Å²) in [6.45, 7) is 4.18. The Morgan fingerprint density at radius 3 is 2.10 bits per heavy atom. The SMILES string of the molecule is Cc1ccc(C(O)c2ccc(C3CCC3)cc2)cc1C. The molecule has 1 heteroatoms. The van der Waals surface area contributed by atoms with Crippen molar-refractivity contribution in [2.24, 2.45) is 0 Å². The highest BCUT2D eigenvalue weighted by Gasteiger charge is 2.19. The van der Waals surface area contributed by atoms with E-state index in [9.17, 15) is 5.11 Å². The highest BCUT2D eigenvalue weighted by molar-refractivity contribution is 5.37. The van der Waals surface area contributed by atoms with Gasteiger partial charge in [-0.15, -0.1) is 0 Å². The number of hydrogen-bond acceptors (Lipinski definition) is 1. The van der Waals surface area contributed by atoms with Gasteiger partial charge in [-0.05, 0) is 60.4 Å². The minimum atomic E-state index is -0.523. The molecule has 1 aliphatic carbocycles. The van der Waals surface area contributed by atoms with Crippen molar-refractivity contribution >= 4 is 0 Å². The van der Waals surface area contributed by atoms with Crippen molar-refractivity contribution in [2.75, 3.05) is 0 Å². The first-order valence-corrected chi connectivity index (χ1v) is 7.50. The lowest BCUT2D eigenvalue weighted by Crippen LogP contribution is -2.09. The van der Waals surface area contributed by atoms with Gasteiger partial charge in [0.1, 0.15) is 6.10 Å². The normalized spacial score (nSPS) is 16.8. The minimum absolute atomic E-state index is 0.523. The van der Waals surface area contributed by atoms with E-state index >= 15 is 0 Å². The third-order valence-corrected chi connectivity index (χ3v) is 4.68. The van der Waals surface area contributed by atoms with Gasteiger partial charge in [0.15, 0.2) is 0 Å². The lowest BCUT2D eigenvalue weighted by molar-refractivity contribution is 0.220. The van der Waals surface area contributed by atoms with Crippen molar-refractivity contribution in [3.05, 3.63) is 70.3 Å². The summed E-state index contributed by atoms with van der Waals surface area (Å²) in [5.74, 6) is 0.753. The molecule has 0 aromatic heterocycles. The highest BCUT2D eigenvalue weighted by Crippen LogP contribution is 2.36. The molecule has 1 atom stereocenters. The summed E-state index contributed by atoms with van der Waals surface area (Å²) < 4.78 is 0. The first-order chi connectivity index (χ1) is 9.65. The second kappa shape index (κ2) is 5.41. The van der Waals surface area contributed by atoms with Gasteiger partial charge in [-0.2, -0.15) is 0 Å². The van der Waals surface area contributed by atoms with Crippen molar-refractivity contribution in [1.82, 2.24) is 0 Å². The molecule has 0 aliphatic heterocycles. The van der Waals surface area contributed by atoms with Crippen LogP contribution in [0.15, 0.2) is 42.5 Å². The van der Waals surface area contributed by atoms with Crippen molar-refractivity contribution < 1.29 is 5.11 Å². The molecule has 3 rings (SSSR count). The summed E-state index contributed by atoms with van der Waals surface area (Å²) in [7, 11) is 0. The Kier molecular flexibility index (Phi) is 3.62. The topological polar surface area (TPSA) is 20.2 Å². The van der Waals surface area contributed by atoms with E-state index in [0.29, 0.717) is 0 Å². The maximum Gasteiger partial charge on any atom is 0.104 e. The lowest BCUT2D eigenvalue weighted by Gasteiger charge is -2.26. The van der Waals surface area contributed by atoms with Crippen LogP contribution in [0, 0.1) is 13.8 Å². The van der Waals surface area contributed by atoms with E-state index in [0.717, 1.165) is 17.0 Å². The summed E-state index contributed by atoms with van der Waals surface area (Å²) >= 11 is 0. The highest BCUT2D eigenvalue weighted by atomic mass is 16.3. The second-order valence-corrected chi connectivity index (χ2v) is 6.04. The number of aliphatic hydroxyl groups excluding tert-OH is 1. The van der Waals surface area contributed by atoms with Crippen LogP contribution in [0.5, 0.6) is 0 Å². The van der Waals surface area contributed by atoms with E-state index in [2.05, 4.69) is 50.2 Å².